The summed E-state index contributed by atoms with van der Waals surface area (Å²) in [6, 6.07) is 3.14. The number of ether oxygens (including phenoxy) is 3. The highest BCUT2D eigenvalue weighted by molar-refractivity contribution is 6.32. The van der Waals surface area contributed by atoms with Gasteiger partial charge in [-0.1, -0.05) is 11.6 Å². The highest BCUT2D eigenvalue weighted by Gasteiger charge is 2.23. The minimum atomic E-state index is -0.464. The van der Waals surface area contributed by atoms with E-state index >= 15 is 0 Å². The van der Waals surface area contributed by atoms with Gasteiger partial charge in [-0.25, -0.2) is 4.79 Å². The van der Waals surface area contributed by atoms with Crippen LogP contribution < -0.4 is 9.47 Å². The quantitative estimate of drug-likeness (QED) is 0.689. The zero-order chi connectivity index (χ0) is 10.8. The monoisotopic (exact) mass is 228 g/mol. The van der Waals surface area contributed by atoms with Crippen LogP contribution in [0.1, 0.15) is 10.4 Å². The molecule has 15 heavy (non-hydrogen) atoms. The largest absolute Gasteiger partial charge is 0.485 e. The van der Waals surface area contributed by atoms with Gasteiger partial charge in [0.25, 0.3) is 0 Å². The van der Waals surface area contributed by atoms with Crippen LogP contribution in [-0.2, 0) is 4.74 Å². The van der Waals surface area contributed by atoms with E-state index in [0.29, 0.717) is 35.3 Å². The number of benzene rings is 1. The molecule has 0 fully saturated rings. The van der Waals surface area contributed by atoms with E-state index in [0.717, 1.165) is 0 Å². The predicted octanol–water partition coefficient (Wildman–Crippen LogP) is 1.90. The Kier molecular flexibility index (Phi) is 2.68. The molecule has 4 nitrogen and oxygen atoms in total. The Hall–Kier alpha value is -1.42. The summed E-state index contributed by atoms with van der Waals surface area (Å²) in [6.07, 6.45) is 0. The van der Waals surface area contributed by atoms with Crippen LogP contribution in [0.15, 0.2) is 12.1 Å². The molecule has 0 bridgehead atoms. The van der Waals surface area contributed by atoms with Crippen LogP contribution in [0.25, 0.3) is 0 Å². The lowest BCUT2D eigenvalue weighted by molar-refractivity contribution is 0.0590. The molecule has 5 heteroatoms. The minimum Gasteiger partial charge on any atom is -0.485 e. The van der Waals surface area contributed by atoms with Crippen LogP contribution in [0, 0.1) is 0 Å². The number of methoxy groups -OCH3 is 1. The summed E-state index contributed by atoms with van der Waals surface area (Å²) >= 11 is 5.90. The molecule has 80 valence electrons. The lowest BCUT2D eigenvalue weighted by atomic mass is 10.2. The summed E-state index contributed by atoms with van der Waals surface area (Å²) < 4.78 is 15.3. The standard InChI is InChI=1S/C10H9ClO4/c1-13-10(12)6-2-3-7(11)9-8(6)14-4-5-15-9/h2-3H,4-5H2,1H3. The summed E-state index contributed by atoms with van der Waals surface area (Å²) in [6.45, 7) is 0.828. The van der Waals surface area contributed by atoms with E-state index in [1.165, 1.54) is 7.11 Å². The second-order valence-corrected chi connectivity index (χ2v) is 3.35. The van der Waals surface area contributed by atoms with Crippen LogP contribution in [0.2, 0.25) is 5.02 Å². The smallest absolute Gasteiger partial charge is 0.341 e. The van der Waals surface area contributed by atoms with Crippen molar-refractivity contribution >= 4 is 17.6 Å². The van der Waals surface area contributed by atoms with E-state index in [-0.39, 0.29) is 0 Å². The molecule has 0 spiro atoms. The van der Waals surface area contributed by atoms with Crippen molar-refractivity contribution in [2.45, 2.75) is 0 Å². The molecule has 0 amide bonds. The molecule has 0 N–H and O–H groups in total. The molecule has 2 rings (SSSR count). The maximum atomic E-state index is 11.4. The van der Waals surface area contributed by atoms with Crippen molar-refractivity contribution in [3.8, 4) is 11.5 Å². The fourth-order valence-corrected chi connectivity index (χ4v) is 1.58. The molecule has 0 saturated carbocycles. The van der Waals surface area contributed by atoms with Gasteiger partial charge in [0, 0.05) is 0 Å². The Morgan fingerprint density at radius 2 is 2.00 bits per heavy atom. The zero-order valence-corrected chi connectivity index (χ0v) is 8.84. The van der Waals surface area contributed by atoms with Crippen LogP contribution in [0.4, 0.5) is 0 Å². The van der Waals surface area contributed by atoms with Gasteiger partial charge in [-0.2, -0.15) is 0 Å². The number of hydrogen-bond acceptors (Lipinski definition) is 4. The third kappa shape index (κ3) is 1.72. The van der Waals surface area contributed by atoms with Crippen LogP contribution >= 0.6 is 11.6 Å². The van der Waals surface area contributed by atoms with Gasteiger partial charge in [-0.15, -0.1) is 0 Å². The molecule has 1 aromatic rings. The first-order valence-corrected chi connectivity index (χ1v) is 4.78. The average molecular weight is 229 g/mol. The number of carbonyl (C=O) groups is 1. The van der Waals surface area contributed by atoms with Crippen molar-refractivity contribution in [2.75, 3.05) is 20.3 Å². The zero-order valence-electron chi connectivity index (χ0n) is 8.08. The second kappa shape index (κ2) is 3.98. The second-order valence-electron chi connectivity index (χ2n) is 2.94. The van der Waals surface area contributed by atoms with E-state index in [2.05, 4.69) is 4.74 Å². The molecule has 1 aliphatic heterocycles. The van der Waals surface area contributed by atoms with Gasteiger partial charge < -0.3 is 14.2 Å². The summed E-state index contributed by atoms with van der Waals surface area (Å²) in [4.78, 5) is 11.4. The number of hydrogen-bond donors (Lipinski definition) is 0. The highest BCUT2D eigenvalue weighted by Crippen LogP contribution is 2.40. The molecule has 0 atom stereocenters. The van der Waals surface area contributed by atoms with Gasteiger partial charge in [-0.3, -0.25) is 0 Å². The van der Waals surface area contributed by atoms with E-state index < -0.39 is 5.97 Å². The molecule has 1 heterocycles. The number of esters is 1. The first-order valence-electron chi connectivity index (χ1n) is 4.40. The van der Waals surface area contributed by atoms with Crippen molar-refractivity contribution in [1.29, 1.82) is 0 Å². The van der Waals surface area contributed by atoms with Gasteiger partial charge in [0.05, 0.1) is 12.1 Å². The van der Waals surface area contributed by atoms with Crippen LogP contribution in [-0.4, -0.2) is 26.3 Å². The highest BCUT2D eigenvalue weighted by atomic mass is 35.5. The summed E-state index contributed by atoms with van der Waals surface area (Å²) in [7, 11) is 1.31. The Balaban J connectivity index is 2.52. The SMILES string of the molecule is COC(=O)c1ccc(Cl)c2c1OCCO2. The summed E-state index contributed by atoms with van der Waals surface area (Å²) in [5.74, 6) is 0.305. The van der Waals surface area contributed by atoms with Crippen molar-refractivity contribution in [3.05, 3.63) is 22.7 Å². The Bertz CT molecular complexity index is 403. The van der Waals surface area contributed by atoms with Gasteiger partial charge in [0.15, 0.2) is 11.5 Å². The minimum absolute atomic E-state index is 0.330. The van der Waals surface area contributed by atoms with Crippen molar-refractivity contribution in [1.82, 2.24) is 0 Å². The topological polar surface area (TPSA) is 44.8 Å². The Morgan fingerprint density at radius 3 is 2.67 bits per heavy atom. The number of carbonyl (C=O) groups excluding carboxylic acids is 1. The third-order valence-electron chi connectivity index (χ3n) is 2.05. The lowest BCUT2D eigenvalue weighted by Gasteiger charge is -2.21. The number of halogens is 1. The molecule has 0 saturated heterocycles. The molecule has 0 aliphatic carbocycles. The van der Waals surface area contributed by atoms with Gasteiger partial charge in [0.2, 0.25) is 0 Å². The molecular weight excluding hydrogens is 220 g/mol. The van der Waals surface area contributed by atoms with Gasteiger partial charge in [-0.05, 0) is 12.1 Å². The first-order chi connectivity index (χ1) is 7.24. The van der Waals surface area contributed by atoms with E-state index in [1.807, 2.05) is 0 Å². The summed E-state index contributed by atoms with van der Waals surface area (Å²) in [5.41, 5.74) is 0.330. The van der Waals surface area contributed by atoms with E-state index in [9.17, 15) is 4.79 Å². The predicted molar refractivity (Wildman–Crippen MR) is 53.8 cm³/mol. The molecule has 1 aliphatic rings. The van der Waals surface area contributed by atoms with Crippen LogP contribution in [0.5, 0.6) is 11.5 Å². The number of rotatable bonds is 1. The average Bonchev–Trinajstić information content (AvgIpc) is 2.29. The maximum absolute atomic E-state index is 11.4. The van der Waals surface area contributed by atoms with Crippen LogP contribution in [0.3, 0.4) is 0 Å². The molecule has 0 radical (unpaired) electrons. The van der Waals surface area contributed by atoms with Gasteiger partial charge >= 0.3 is 5.97 Å². The molecule has 0 aromatic heterocycles. The van der Waals surface area contributed by atoms with E-state index in [4.69, 9.17) is 21.1 Å². The fourth-order valence-electron chi connectivity index (χ4n) is 1.37. The Labute approximate surface area is 91.7 Å². The third-order valence-corrected chi connectivity index (χ3v) is 2.34. The lowest BCUT2D eigenvalue weighted by Crippen LogP contribution is -2.18. The molecule has 1 aromatic carbocycles. The Morgan fingerprint density at radius 1 is 1.33 bits per heavy atom. The van der Waals surface area contributed by atoms with Crippen molar-refractivity contribution in [3.63, 3.8) is 0 Å². The number of fused-ring (bicyclic) bond motifs is 1. The van der Waals surface area contributed by atoms with Gasteiger partial charge in [0.1, 0.15) is 18.8 Å². The normalized spacial score (nSPS) is 13.5. The van der Waals surface area contributed by atoms with Crippen molar-refractivity contribution < 1.29 is 19.0 Å². The molecule has 0 unspecified atom stereocenters. The van der Waals surface area contributed by atoms with Crippen molar-refractivity contribution in [2.24, 2.45) is 0 Å². The molecular formula is C10H9ClO4. The summed E-state index contributed by atoms with van der Waals surface area (Å²) in [5, 5.41) is 0.428. The van der Waals surface area contributed by atoms with E-state index in [1.54, 1.807) is 12.1 Å². The fraction of sp³-hybridized carbons (Fsp3) is 0.300. The maximum Gasteiger partial charge on any atom is 0.341 e. The first kappa shape index (κ1) is 10.1.